The monoisotopic (exact) mass is 257 g/mol. The Bertz CT molecular complexity index is 345. The number of rotatable bonds is 5. The minimum absolute atomic E-state index is 0.357. The molecule has 2 atom stereocenters. The van der Waals surface area contributed by atoms with E-state index in [2.05, 4.69) is 5.32 Å². The molecule has 0 saturated carbocycles. The summed E-state index contributed by atoms with van der Waals surface area (Å²) in [6.07, 6.45) is 2.24. The summed E-state index contributed by atoms with van der Waals surface area (Å²) >= 11 is 0. The van der Waals surface area contributed by atoms with Gasteiger partial charge in [-0.2, -0.15) is 0 Å². The summed E-state index contributed by atoms with van der Waals surface area (Å²) in [5.74, 6) is -1.62. The molecule has 4 N–H and O–H groups in total. The van der Waals surface area contributed by atoms with E-state index in [-0.39, 0.29) is 0 Å². The van der Waals surface area contributed by atoms with E-state index in [1.807, 2.05) is 6.92 Å². The molecule has 1 rings (SSSR count). The highest BCUT2D eigenvalue weighted by atomic mass is 16.4. The molecule has 0 radical (unpaired) electrons. The van der Waals surface area contributed by atoms with Gasteiger partial charge in [-0.3, -0.25) is 4.79 Å². The van der Waals surface area contributed by atoms with Crippen molar-refractivity contribution in [2.45, 2.75) is 44.7 Å². The van der Waals surface area contributed by atoms with Crippen LogP contribution in [0.4, 0.5) is 4.79 Å². The van der Waals surface area contributed by atoms with Gasteiger partial charge in [0.2, 0.25) is 5.91 Å². The fourth-order valence-electron chi connectivity index (χ4n) is 2.08. The third-order valence-corrected chi connectivity index (χ3v) is 3.02. The van der Waals surface area contributed by atoms with E-state index in [1.165, 1.54) is 4.90 Å². The highest BCUT2D eigenvalue weighted by Crippen LogP contribution is 2.17. The van der Waals surface area contributed by atoms with Crippen molar-refractivity contribution in [2.24, 2.45) is 5.73 Å². The van der Waals surface area contributed by atoms with E-state index >= 15 is 0 Å². The molecule has 0 aromatic rings. The van der Waals surface area contributed by atoms with Gasteiger partial charge >= 0.3 is 12.0 Å². The van der Waals surface area contributed by atoms with Crippen LogP contribution in [0.1, 0.15) is 32.6 Å². The Labute approximate surface area is 105 Å². The van der Waals surface area contributed by atoms with E-state index in [4.69, 9.17) is 10.8 Å². The summed E-state index contributed by atoms with van der Waals surface area (Å²) in [6.45, 7) is 2.27. The van der Waals surface area contributed by atoms with Gasteiger partial charge in [0.25, 0.3) is 0 Å². The van der Waals surface area contributed by atoms with Crippen LogP contribution in [0.25, 0.3) is 0 Å². The van der Waals surface area contributed by atoms with Crippen molar-refractivity contribution >= 4 is 17.9 Å². The van der Waals surface area contributed by atoms with Crippen molar-refractivity contribution < 1.29 is 19.5 Å². The topological polar surface area (TPSA) is 113 Å². The van der Waals surface area contributed by atoms with Crippen LogP contribution < -0.4 is 11.1 Å². The Morgan fingerprint density at radius 3 is 2.67 bits per heavy atom. The standard InChI is InChI=1S/C11H19N3O4/c1-2-4-7(10(16)17)13-11(18)14-6-3-5-8(14)9(12)15/h7-8H,2-6H2,1H3,(H2,12,15)(H,13,18)(H,16,17)/t7-,8?/m0/s1. The van der Waals surface area contributed by atoms with Crippen LogP contribution in [0, 0.1) is 0 Å². The SMILES string of the molecule is CCC[C@H](NC(=O)N1CCCC1C(N)=O)C(=O)O. The molecule has 0 aromatic heterocycles. The molecule has 0 bridgehead atoms. The van der Waals surface area contributed by atoms with Crippen LogP contribution in [0.5, 0.6) is 0 Å². The summed E-state index contributed by atoms with van der Waals surface area (Å²) < 4.78 is 0. The number of hydrogen-bond donors (Lipinski definition) is 3. The van der Waals surface area contributed by atoms with Crippen molar-refractivity contribution in [3.05, 3.63) is 0 Å². The van der Waals surface area contributed by atoms with Crippen LogP contribution in [0.3, 0.4) is 0 Å². The minimum Gasteiger partial charge on any atom is -0.480 e. The highest BCUT2D eigenvalue weighted by molar-refractivity contribution is 5.88. The van der Waals surface area contributed by atoms with E-state index in [1.54, 1.807) is 0 Å². The highest BCUT2D eigenvalue weighted by Gasteiger charge is 2.34. The number of hydrogen-bond acceptors (Lipinski definition) is 3. The van der Waals surface area contributed by atoms with Crippen LogP contribution in [-0.2, 0) is 9.59 Å². The number of carboxylic acids is 1. The lowest BCUT2D eigenvalue weighted by atomic mass is 10.2. The smallest absolute Gasteiger partial charge is 0.326 e. The fourth-order valence-corrected chi connectivity index (χ4v) is 2.08. The van der Waals surface area contributed by atoms with Gasteiger partial charge in [0.15, 0.2) is 0 Å². The van der Waals surface area contributed by atoms with Gasteiger partial charge in [-0.25, -0.2) is 9.59 Å². The number of likely N-dealkylation sites (tertiary alicyclic amines) is 1. The summed E-state index contributed by atoms with van der Waals surface area (Å²) in [5.41, 5.74) is 5.20. The molecule has 102 valence electrons. The van der Waals surface area contributed by atoms with E-state index in [9.17, 15) is 14.4 Å². The average Bonchev–Trinajstić information content (AvgIpc) is 2.77. The van der Waals surface area contributed by atoms with Gasteiger partial charge in [-0.05, 0) is 19.3 Å². The van der Waals surface area contributed by atoms with E-state index in [0.717, 1.165) is 0 Å². The molecule has 0 spiro atoms. The van der Waals surface area contributed by atoms with Crippen LogP contribution in [0.15, 0.2) is 0 Å². The predicted octanol–water partition coefficient (Wildman–Crippen LogP) is -0.101. The molecule has 0 aliphatic carbocycles. The lowest BCUT2D eigenvalue weighted by Crippen LogP contribution is -2.52. The number of nitrogens with two attached hydrogens (primary N) is 1. The van der Waals surface area contributed by atoms with E-state index < -0.39 is 30.0 Å². The van der Waals surface area contributed by atoms with E-state index in [0.29, 0.717) is 32.2 Å². The van der Waals surface area contributed by atoms with Crippen LogP contribution in [0.2, 0.25) is 0 Å². The number of urea groups is 1. The maximum absolute atomic E-state index is 11.9. The van der Waals surface area contributed by atoms with Gasteiger partial charge in [-0.1, -0.05) is 13.3 Å². The first-order valence-corrected chi connectivity index (χ1v) is 6.06. The summed E-state index contributed by atoms with van der Waals surface area (Å²) in [7, 11) is 0. The third kappa shape index (κ3) is 3.35. The van der Waals surface area contributed by atoms with Crippen LogP contribution in [-0.4, -0.2) is 46.5 Å². The predicted molar refractivity (Wildman–Crippen MR) is 63.8 cm³/mol. The first kappa shape index (κ1) is 14.3. The second-order valence-corrected chi connectivity index (χ2v) is 4.38. The molecule has 7 nitrogen and oxygen atoms in total. The molecule has 3 amide bonds. The van der Waals surface area contributed by atoms with Crippen LogP contribution >= 0.6 is 0 Å². The number of carbonyl (C=O) groups is 3. The third-order valence-electron chi connectivity index (χ3n) is 3.02. The van der Waals surface area contributed by atoms with Gasteiger partial charge in [-0.15, -0.1) is 0 Å². The van der Waals surface area contributed by atoms with Crippen molar-refractivity contribution in [3.8, 4) is 0 Å². The van der Waals surface area contributed by atoms with Crippen molar-refractivity contribution in [1.29, 1.82) is 0 Å². The molecule has 7 heteroatoms. The number of nitrogens with zero attached hydrogens (tertiary/aromatic N) is 1. The normalized spacial score (nSPS) is 20.5. The lowest BCUT2D eigenvalue weighted by Gasteiger charge is -2.24. The molecule has 1 fully saturated rings. The zero-order valence-corrected chi connectivity index (χ0v) is 10.4. The largest absolute Gasteiger partial charge is 0.480 e. The molecule has 0 aromatic carbocycles. The van der Waals surface area contributed by atoms with Gasteiger partial charge in [0.1, 0.15) is 12.1 Å². The molecule has 1 aliphatic heterocycles. The van der Waals surface area contributed by atoms with Gasteiger partial charge in [0, 0.05) is 6.54 Å². The Kier molecular flexibility index (Phi) is 4.94. The second-order valence-electron chi connectivity index (χ2n) is 4.38. The Hall–Kier alpha value is -1.79. The summed E-state index contributed by atoms with van der Waals surface area (Å²) in [5, 5.41) is 11.4. The zero-order valence-electron chi connectivity index (χ0n) is 10.4. The molecule has 1 saturated heterocycles. The molecule has 1 heterocycles. The molecule has 1 aliphatic rings. The molecule has 1 unspecified atom stereocenters. The summed E-state index contributed by atoms with van der Waals surface area (Å²) in [4.78, 5) is 35.3. The van der Waals surface area contributed by atoms with Crippen molar-refractivity contribution in [3.63, 3.8) is 0 Å². The fraction of sp³-hybridized carbons (Fsp3) is 0.727. The Balaban J connectivity index is 2.63. The number of aliphatic carboxylic acids is 1. The Morgan fingerprint density at radius 2 is 2.17 bits per heavy atom. The second kappa shape index (κ2) is 6.23. The Morgan fingerprint density at radius 1 is 1.50 bits per heavy atom. The summed E-state index contributed by atoms with van der Waals surface area (Å²) in [6, 6.07) is -2.07. The number of amides is 3. The number of primary amides is 1. The maximum atomic E-state index is 11.9. The molecular formula is C11H19N3O4. The molecule has 18 heavy (non-hydrogen) atoms. The number of carbonyl (C=O) groups excluding carboxylic acids is 2. The van der Waals surface area contributed by atoms with Gasteiger partial charge < -0.3 is 21.1 Å². The lowest BCUT2D eigenvalue weighted by molar-refractivity contribution is -0.139. The minimum atomic E-state index is -1.07. The number of nitrogens with one attached hydrogen (secondary N) is 1. The van der Waals surface area contributed by atoms with Gasteiger partial charge in [0.05, 0.1) is 0 Å². The van der Waals surface area contributed by atoms with Crippen molar-refractivity contribution in [1.82, 2.24) is 10.2 Å². The average molecular weight is 257 g/mol. The maximum Gasteiger partial charge on any atom is 0.326 e. The van der Waals surface area contributed by atoms with Crippen molar-refractivity contribution in [2.75, 3.05) is 6.54 Å². The molecular weight excluding hydrogens is 238 g/mol. The first-order chi connectivity index (χ1) is 8.47. The first-order valence-electron chi connectivity index (χ1n) is 6.06. The quantitative estimate of drug-likeness (QED) is 0.638. The zero-order chi connectivity index (χ0) is 13.7. The number of carboxylic acid groups (broad SMARTS) is 1.